The van der Waals surface area contributed by atoms with Crippen LogP contribution in [-0.4, -0.2) is 35.3 Å². The standard InChI is InChI=1S/C24H34N2O4/c1-4-6-7-8-9-10-11-16-29-22-17-25-23(26-18-22)20-12-14-21(15-13-20)30-24(27)19(3)28-5-2/h12-15,17-19H,4-11,16H2,1-3H3. The predicted molar refractivity (Wildman–Crippen MR) is 118 cm³/mol. The number of benzene rings is 1. The molecule has 0 saturated carbocycles. The van der Waals surface area contributed by atoms with Gasteiger partial charge in [-0.3, -0.25) is 0 Å². The van der Waals surface area contributed by atoms with E-state index >= 15 is 0 Å². The van der Waals surface area contributed by atoms with Crippen LogP contribution < -0.4 is 9.47 Å². The molecule has 0 aliphatic heterocycles. The summed E-state index contributed by atoms with van der Waals surface area (Å²) in [7, 11) is 0. The predicted octanol–water partition coefficient (Wildman–Crippen LogP) is 5.60. The number of aromatic nitrogens is 2. The zero-order valence-corrected chi connectivity index (χ0v) is 18.4. The molecule has 1 aromatic heterocycles. The average molecular weight is 415 g/mol. The number of hydrogen-bond acceptors (Lipinski definition) is 6. The molecule has 6 nitrogen and oxygen atoms in total. The molecule has 2 rings (SSSR count). The highest BCUT2D eigenvalue weighted by atomic mass is 16.6. The van der Waals surface area contributed by atoms with Crippen molar-refractivity contribution >= 4 is 5.97 Å². The third-order valence-electron chi connectivity index (χ3n) is 4.72. The number of unbranched alkanes of at least 4 members (excludes halogenated alkanes) is 6. The van der Waals surface area contributed by atoms with Crippen LogP contribution in [0, 0.1) is 0 Å². The Morgan fingerprint density at radius 2 is 1.53 bits per heavy atom. The Balaban J connectivity index is 1.75. The fourth-order valence-electron chi connectivity index (χ4n) is 2.98. The molecule has 6 heteroatoms. The number of esters is 1. The van der Waals surface area contributed by atoms with E-state index in [1.807, 2.05) is 19.1 Å². The molecule has 0 bridgehead atoms. The van der Waals surface area contributed by atoms with Crippen LogP contribution in [0.25, 0.3) is 11.4 Å². The van der Waals surface area contributed by atoms with E-state index in [4.69, 9.17) is 14.2 Å². The van der Waals surface area contributed by atoms with Gasteiger partial charge in [0.05, 0.1) is 19.0 Å². The molecule has 0 aliphatic carbocycles. The molecular formula is C24H34N2O4. The van der Waals surface area contributed by atoms with E-state index in [0.29, 0.717) is 30.5 Å². The van der Waals surface area contributed by atoms with Gasteiger partial charge in [0.1, 0.15) is 5.75 Å². The van der Waals surface area contributed by atoms with Gasteiger partial charge in [-0.1, -0.05) is 45.4 Å². The lowest BCUT2D eigenvalue weighted by Gasteiger charge is -2.11. The maximum absolute atomic E-state index is 11.9. The lowest BCUT2D eigenvalue weighted by atomic mass is 10.1. The van der Waals surface area contributed by atoms with Crippen molar-refractivity contribution in [2.75, 3.05) is 13.2 Å². The Labute approximate surface area is 180 Å². The smallest absolute Gasteiger partial charge is 0.340 e. The van der Waals surface area contributed by atoms with Gasteiger partial charge in [-0.25, -0.2) is 14.8 Å². The Bertz CT molecular complexity index is 732. The number of nitrogens with zero attached hydrogens (tertiary/aromatic N) is 2. The summed E-state index contributed by atoms with van der Waals surface area (Å²) in [4.78, 5) is 20.6. The van der Waals surface area contributed by atoms with Crippen molar-refractivity contribution < 1.29 is 19.0 Å². The highest BCUT2D eigenvalue weighted by molar-refractivity contribution is 5.77. The Morgan fingerprint density at radius 3 is 2.17 bits per heavy atom. The van der Waals surface area contributed by atoms with E-state index < -0.39 is 12.1 Å². The molecule has 1 aromatic carbocycles. The summed E-state index contributed by atoms with van der Waals surface area (Å²) in [5.41, 5.74) is 0.839. The fourth-order valence-corrected chi connectivity index (χ4v) is 2.98. The first-order chi connectivity index (χ1) is 14.6. The molecule has 164 valence electrons. The van der Waals surface area contributed by atoms with Crippen molar-refractivity contribution in [1.82, 2.24) is 9.97 Å². The van der Waals surface area contributed by atoms with Crippen molar-refractivity contribution in [3.05, 3.63) is 36.7 Å². The third kappa shape index (κ3) is 8.49. The molecule has 2 aromatic rings. The maximum atomic E-state index is 11.9. The number of hydrogen-bond donors (Lipinski definition) is 0. The van der Waals surface area contributed by atoms with Crippen molar-refractivity contribution in [2.45, 2.75) is 71.8 Å². The van der Waals surface area contributed by atoms with Gasteiger partial charge in [-0.2, -0.15) is 0 Å². The minimum Gasteiger partial charge on any atom is -0.490 e. The monoisotopic (exact) mass is 414 g/mol. The Morgan fingerprint density at radius 1 is 0.900 bits per heavy atom. The largest absolute Gasteiger partial charge is 0.490 e. The summed E-state index contributed by atoms with van der Waals surface area (Å²) in [6.07, 6.45) is 11.6. The quantitative estimate of drug-likeness (QED) is 0.227. The zero-order valence-electron chi connectivity index (χ0n) is 18.4. The van der Waals surface area contributed by atoms with Crippen molar-refractivity contribution in [2.24, 2.45) is 0 Å². The van der Waals surface area contributed by atoms with Gasteiger partial charge in [-0.05, 0) is 44.5 Å². The summed E-state index contributed by atoms with van der Waals surface area (Å²) >= 11 is 0. The number of ether oxygens (including phenoxy) is 3. The van der Waals surface area contributed by atoms with E-state index in [1.54, 1.807) is 31.5 Å². The Hall–Kier alpha value is -2.47. The van der Waals surface area contributed by atoms with Gasteiger partial charge in [0.2, 0.25) is 0 Å². The van der Waals surface area contributed by atoms with E-state index in [1.165, 1.54) is 38.5 Å². The summed E-state index contributed by atoms with van der Waals surface area (Å²) < 4.78 is 16.3. The van der Waals surface area contributed by atoms with Crippen molar-refractivity contribution in [3.63, 3.8) is 0 Å². The van der Waals surface area contributed by atoms with Gasteiger partial charge in [0.25, 0.3) is 0 Å². The second-order valence-electron chi connectivity index (χ2n) is 7.26. The molecule has 0 aliphatic rings. The van der Waals surface area contributed by atoms with Gasteiger partial charge in [0.15, 0.2) is 17.7 Å². The molecule has 0 fully saturated rings. The maximum Gasteiger partial charge on any atom is 0.340 e. The molecule has 1 heterocycles. The molecule has 0 amide bonds. The Kier molecular flexibility index (Phi) is 10.9. The van der Waals surface area contributed by atoms with Crippen LogP contribution in [0.3, 0.4) is 0 Å². The summed E-state index contributed by atoms with van der Waals surface area (Å²) in [6.45, 7) is 6.90. The SMILES string of the molecule is CCCCCCCCCOc1cnc(-c2ccc(OC(=O)C(C)OCC)cc2)nc1. The van der Waals surface area contributed by atoms with E-state index in [0.717, 1.165) is 12.0 Å². The number of carbonyl (C=O) groups is 1. The fraction of sp³-hybridized carbons (Fsp3) is 0.542. The molecular weight excluding hydrogens is 380 g/mol. The first-order valence-corrected chi connectivity index (χ1v) is 11.0. The minimum atomic E-state index is -0.591. The summed E-state index contributed by atoms with van der Waals surface area (Å²) in [5, 5.41) is 0. The number of rotatable bonds is 14. The van der Waals surface area contributed by atoms with Gasteiger partial charge in [-0.15, -0.1) is 0 Å². The third-order valence-corrected chi connectivity index (χ3v) is 4.72. The van der Waals surface area contributed by atoms with Crippen molar-refractivity contribution in [3.8, 4) is 22.9 Å². The van der Waals surface area contributed by atoms with Crippen LogP contribution in [0.15, 0.2) is 36.7 Å². The molecule has 0 saturated heterocycles. The normalized spacial score (nSPS) is 11.8. The highest BCUT2D eigenvalue weighted by Gasteiger charge is 2.15. The lowest BCUT2D eigenvalue weighted by molar-refractivity contribution is -0.145. The van der Waals surface area contributed by atoms with Crippen LogP contribution in [0.4, 0.5) is 0 Å². The van der Waals surface area contributed by atoms with Crippen LogP contribution in [0.2, 0.25) is 0 Å². The van der Waals surface area contributed by atoms with E-state index in [2.05, 4.69) is 16.9 Å². The summed E-state index contributed by atoms with van der Waals surface area (Å²) in [5.74, 6) is 1.33. The molecule has 1 atom stereocenters. The first-order valence-electron chi connectivity index (χ1n) is 11.0. The molecule has 0 spiro atoms. The van der Waals surface area contributed by atoms with Gasteiger partial charge in [0, 0.05) is 12.2 Å². The first kappa shape index (κ1) is 23.8. The van der Waals surface area contributed by atoms with E-state index in [9.17, 15) is 4.79 Å². The minimum absolute atomic E-state index is 0.414. The molecule has 1 unspecified atom stereocenters. The lowest BCUT2D eigenvalue weighted by Crippen LogP contribution is -2.25. The summed E-state index contributed by atoms with van der Waals surface area (Å²) in [6, 6.07) is 7.09. The molecule has 0 N–H and O–H groups in total. The van der Waals surface area contributed by atoms with Crippen LogP contribution in [0.5, 0.6) is 11.5 Å². The second kappa shape index (κ2) is 13.7. The average Bonchev–Trinajstić information content (AvgIpc) is 2.77. The topological polar surface area (TPSA) is 70.5 Å². The second-order valence-corrected chi connectivity index (χ2v) is 7.26. The van der Waals surface area contributed by atoms with Gasteiger partial charge >= 0.3 is 5.97 Å². The molecule has 30 heavy (non-hydrogen) atoms. The molecule has 0 radical (unpaired) electrons. The van der Waals surface area contributed by atoms with E-state index in [-0.39, 0.29) is 0 Å². The van der Waals surface area contributed by atoms with Crippen LogP contribution in [0.1, 0.15) is 65.7 Å². The van der Waals surface area contributed by atoms with Gasteiger partial charge < -0.3 is 14.2 Å². The van der Waals surface area contributed by atoms with Crippen LogP contribution >= 0.6 is 0 Å². The highest BCUT2D eigenvalue weighted by Crippen LogP contribution is 2.21. The number of carbonyl (C=O) groups excluding carboxylic acids is 1. The van der Waals surface area contributed by atoms with Crippen LogP contribution in [-0.2, 0) is 9.53 Å². The van der Waals surface area contributed by atoms with Crippen molar-refractivity contribution in [1.29, 1.82) is 0 Å². The zero-order chi connectivity index (χ0) is 21.6.